The van der Waals surface area contributed by atoms with E-state index < -0.39 is 48.3 Å². The molecule has 2 aromatic rings. The van der Waals surface area contributed by atoms with E-state index in [0.29, 0.717) is 25.0 Å². The van der Waals surface area contributed by atoms with Crippen molar-refractivity contribution in [2.45, 2.75) is 37.9 Å². The quantitative estimate of drug-likeness (QED) is 0.188. The summed E-state index contributed by atoms with van der Waals surface area (Å²) in [5.74, 6) is -2.08. The van der Waals surface area contributed by atoms with Crippen LogP contribution >= 0.6 is 11.8 Å². The lowest BCUT2D eigenvalue weighted by molar-refractivity contribution is -0.140. The van der Waals surface area contributed by atoms with Crippen LogP contribution in [-0.4, -0.2) is 92.5 Å². The number of phenolic OH excluding ortho intramolecular Hbond substituents is 1. The molecule has 1 aromatic carbocycles. The molecule has 1 unspecified atom stereocenters. The van der Waals surface area contributed by atoms with Gasteiger partial charge in [-0.25, -0.2) is 4.79 Å². The fourth-order valence-electron chi connectivity index (χ4n) is 2.73. The third kappa shape index (κ3) is 14.9. The summed E-state index contributed by atoms with van der Waals surface area (Å²) in [6.45, 7) is 1.50. The van der Waals surface area contributed by atoms with E-state index in [1.165, 1.54) is 19.1 Å². The van der Waals surface area contributed by atoms with Gasteiger partial charge in [0.15, 0.2) is 0 Å². The molecule has 2 heterocycles. The molecule has 1 aliphatic rings. The van der Waals surface area contributed by atoms with Gasteiger partial charge in [0.05, 0.1) is 6.61 Å². The molecule has 1 aromatic heterocycles. The maximum atomic E-state index is 10.8. The number of rotatable bonds is 8. The SMILES string of the molecule is CC(=O)C1CN[C@H](C(=O)O)C1.CSCC[C@H](N)C(=O)O.N[C@@H](CO)C(=O)O.O=c1ccc2ccc(O)cc2o1. The van der Waals surface area contributed by atoms with E-state index in [9.17, 15) is 24.0 Å². The lowest BCUT2D eigenvalue weighted by Gasteiger charge is -2.02. The topological polar surface area (TPSA) is 264 Å². The monoisotopic (exact) mass is 573 g/mol. The number of carbonyl (C=O) groups excluding carboxylic acids is 1. The van der Waals surface area contributed by atoms with E-state index >= 15 is 0 Å². The Morgan fingerprint density at radius 2 is 1.67 bits per heavy atom. The molecule has 0 aliphatic carbocycles. The van der Waals surface area contributed by atoms with E-state index in [0.717, 1.165) is 11.1 Å². The molecule has 0 radical (unpaired) electrons. The van der Waals surface area contributed by atoms with Crippen molar-refractivity contribution in [2.75, 3.05) is 25.2 Å². The smallest absolute Gasteiger partial charge is 0.336 e. The van der Waals surface area contributed by atoms with Crippen molar-refractivity contribution < 1.29 is 49.1 Å². The zero-order chi connectivity index (χ0) is 30.1. The maximum Gasteiger partial charge on any atom is 0.336 e. The Balaban J connectivity index is 0.000000505. The summed E-state index contributed by atoms with van der Waals surface area (Å²) in [6, 6.07) is 5.31. The number of phenols is 1. The van der Waals surface area contributed by atoms with Crippen LogP contribution in [0.4, 0.5) is 0 Å². The van der Waals surface area contributed by atoms with Gasteiger partial charge in [0, 0.05) is 30.0 Å². The number of Topliss-reactive ketones (excluding diaryl/α,β-unsaturated/α-hetero) is 1. The lowest BCUT2D eigenvalue weighted by atomic mass is 10.0. The third-order valence-electron chi connectivity index (χ3n) is 5.07. The van der Waals surface area contributed by atoms with Crippen molar-refractivity contribution in [1.29, 1.82) is 0 Å². The minimum absolute atomic E-state index is 0.0706. The molecule has 218 valence electrons. The van der Waals surface area contributed by atoms with Gasteiger partial charge in [-0.3, -0.25) is 19.2 Å². The first kappa shape index (κ1) is 35.5. The van der Waals surface area contributed by atoms with Gasteiger partial charge in [0.1, 0.15) is 35.2 Å². The average Bonchev–Trinajstić information content (AvgIpc) is 3.39. The molecular formula is C24H35N3O11S. The Kier molecular flexibility index (Phi) is 17.0. The first-order chi connectivity index (χ1) is 18.2. The van der Waals surface area contributed by atoms with Crippen LogP contribution < -0.4 is 22.4 Å². The fourth-order valence-corrected chi connectivity index (χ4v) is 3.22. The van der Waals surface area contributed by atoms with Crippen LogP contribution in [0.15, 0.2) is 39.5 Å². The number of benzene rings is 1. The largest absolute Gasteiger partial charge is 0.508 e. The molecular weight excluding hydrogens is 538 g/mol. The number of carboxylic acid groups (broad SMARTS) is 3. The number of hydrogen-bond acceptors (Lipinski definition) is 12. The number of carboxylic acids is 3. The van der Waals surface area contributed by atoms with E-state index in [2.05, 4.69) is 5.32 Å². The molecule has 1 aliphatic heterocycles. The number of aliphatic hydroxyl groups excluding tert-OH is 1. The van der Waals surface area contributed by atoms with E-state index in [1.807, 2.05) is 6.26 Å². The van der Waals surface area contributed by atoms with Crippen molar-refractivity contribution >= 4 is 46.4 Å². The Labute approximate surface area is 228 Å². The summed E-state index contributed by atoms with van der Waals surface area (Å²) in [4.78, 5) is 51.6. The van der Waals surface area contributed by atoms with Crippen molar-refractivity contribution in [3.05, 3.63) is 40.8 Å². The molecule has 0 spiro atoms. The van der Waals surface area contributed by atoms with Crippen LogP contribution in [0.1, 0.15) is 19.8 Å². The summed E-state index contributed by atoms with van der Waals surface area (Å²) < 4.78 is 4.83. The van der Waals surface area contributed by atoms with E-state index in [-0.39, 0.29) is 17.5 Å². The van der Waals surface area contributed by atoms with Gasteiger partial charge in [-0.15, -0.1) is 0 Å². The molecule has 1 fully saturated rings. The highest BCUT2D eigenvalue weighted by Gasteiger charge is 2.31. The third-order valence-corrected chi connectivity index (χ3v) is 5.72. The van der Waals surface area contributed by atoms with Crippen molar-refractivity contribution in [3.8, 4) is 5.75 Å². The number of nitrogens with two attached hydrogens (primary N) is 2. The zero-order valence-corrected chi connectivity index (χ0v) is 22.3. The molecule has 15 heteroatoms. The van der Waals surface area contributed by atoms with Crippen LogP contribution in [0.3, 0.4) is 0 Å². The first-order valence-electron chi connectivity index (χ1n) is 11.5. The molecule has 0 amide bonds. The molecule has 1 saturated heterocycles. The maximum absolute atomic E-state index is 10.8. The average molecular weight is 574 g/mol. The van der Waals surface area contributed by atoms with Crippen molar-refractivity contribution in [3.63, 3.8) is 0 Å². The minimum Gasteiger partial charge on any atom is -0.508 e. The number of ketones is 1. The first-order valence-corrected chi connectivity index (χ1v) is 12.9. The van der Waals surface area contributed by atoms with Crippen LogP contribution in [0.5, 0.6) is 5.75 Å². The summed E-state index contributed by atoms with van der Waals surface area (Å²) in [7, 11) is 0. The predicted molar refractivity (Wildman–Crippen MR) is 144 cm³/mol. The number of hydrogen-bond donors (Lipinski definition) is 8. The number of thioether (sulfide) groups is 1. The number of aliphatic carboxylic acids is 3. The molecule has 4 atom stereocenters. The highest BCUT2D eigenvalue weighted by atomic mass is 32.2. The van der Waals surface area contributed by atoms with Crippen molar-refractivity contribution in [1.82, 2.24) is 5.32 Å². The van der Waals surface area contributed by atoms with Gasteiger partial charge in [-0.1, -0.05) is 0 Å². The summed E-state index contributed by atoms with van der Waals surface area (Å²) in [5.41, 5.74) is 9.95. The fraction of sp³-hybridized carbons (Fsp3) is 0.458. The van der Waals surface area contributed by atoms with Gasteiger partial charge in [-0.05, 0) is 50.0 Å². The Morgan fingerprint density at radius 1 is 1.08 bits per heavy atom. The second-order valence-electron chi connectivity index (χ2n) is 8.17. The van der Waals surface area contributed by atoms with Gasteiger partial charge in [0.2, 0.25) is 0 Å². The number of nitrogens with one attached hydrogen (secondary N) is 1. The van der Waals surface area contributed by atoms with Crippen LogP contribution in [0, 0.1) is 5.92 Å². The molecule has 14 nitrogen and oxygen atoms in total. The number of carbonyl (C=O) groups is 4. The summed E-state index contributed by atoms with van der Waals surface area (Å²) in [5, 5.41) is 45.3. The van der Waals surface area contributed by atoms with Gasteiger partial charge >= 0.3 is 23.5 Å². The van der Waals surface area contributed by atoms with Crippen LogP contribution in [0.25, 0.3) is 11.0 Å². The Morgan fingerprint density at radius 3 is 2.08 bits per heavy atom. The van der Waals surface area contributed by atoms with Crippen molar-refractivity contribution in [2.24, 2.45) is 17.4 Å². The minimum atomic E-state index is -1.18. The Bertz CT molecular complexity index is 1120. The molecule has 39 heavy (non-hydrogen) atoms. The number of aliphatic hydroxyl groups is 1. The molecule has 0 saturated carbocycles. The zero-order valence-electron chi connectivity index (χ0n) is 21.5. The number of aromatic hydroxyl groups is 1. The highest BCUT2D eigenvalue weighted by molar-refractivity contribution is 7.98. The summed E-state index contributed by atoms with van der Waals surface area (Å²) >= 11 is 1.60. The molecule has 3 rings (SSSR count). The lowest BCUT2D eigenvalue weighted by Crippen LogP contribution is -2.33. The van der Waals surface area contributed by atoms with Gasteiger partial charge in [-0.2, -0.15) is 11.8 Å². The normalized spacial score (nSPS) is 17.2. The second kappa shape index (κ2) is 18.7. The number of fused-ring (bicyclic) bond motifs is 1. The molecule has 0 bridgehead atoms. The van der Waals surface area contributed by atoms with Gasteiger partial charge < -0.3 is 46.7 Å². The standard InChI is InChI=1S/C9H6O3.C7H11NO3.C5H11NO2S.C3H7NO3/c10-7-3-1-6-2-4-9(11)12-8(6)5-7;1-4(9)5-2-6(7(10)11)8-3-5;1-9-3-2-4(6)5(7)8;4-2(1-5)3(6)7/h1-5,10H;5-6,8H,2-3H2,1H3,(H,10,11);4H,2-3,6H2,1H3,(H,7,8);2,5H,1,4H2,(H,6,7)/t;5?,6-;4-;2-/m.000/s1. The molecule has 10 N–H and O–H groups in total. The predicted octanol–water partition coefficient (Wildman–Crippen LogP) is -0.321. The second-order valence-corrected chi connectivity index (χ2v) is 9.16. The summed E-state index contributed by atoms with van der Waals surface area (Å²) in [6.07, 6.45) is 2.91. The van der Waals surface area contributed by atoms with E-state index in [1.54, 1.807) is 30.0 Å². The van der Waals surface area contributed by atoms with E-state index in [4.69, 9.17) is 41.4 Å². The highest BCUT2D eigenvalue weighted by Crippen LogP contribution is 2.17. The van der Waals surface area contributed by atoms with Gasteiger partial charge in [0.25, 0.3) is 0 Å². The van der Waals surface area contributed by atoms with Crippen LogP contribution in [-0.2, 0) is 19.2 Å². The Hall–Kier alpha value is -3.50. The van der Waals surface area contributed by atoms with Crippen LogP contribution in [0.2, 0.25) is 0 Å².